The van der Waals surface area contributed by atoms with Crippen molar-refractivity contribution in [3.63, 3.8) is 0 Å². The van der Waals surface area contributed by atoms with Crippen LogP contribution in [0.25, 0.3) is 0 Å². The second-order valence-corrected chi connectivity index (χ2v) is 7.31. The molecule has 0 radical (unpaired) electrons. The number of aliphatic hydroxyl groups excluding tert-OH is 1. The lowest BCUT2D eigenvalue weighted by atomic mass is 10.2. The summed E-state index contributed by atoms with van der Waals surface area (Å²) in [6, 6.07) is 4.25. The highest BCUT2D eigenvalue weighted by Crippen LogP contribution is 2.32. The van der Waals surface area contributed by atoms with E-state index in [1.807, 2.05) is 0 Å². The van der Waals surface area contributed by atoms with Gasteiger partial charge >= 0.3 is 0 Å². The monoisotopic (exact) mass is 334 g/mol. The first-order chi connectivity index (χ1) is 9.37. The minimum atomic E-state index is -3.66. The summed E-state index contributed by atoms with van der Waals surface area (Å²) in [5.74, 6) is 0. The average molecular weight is 335 g/mol. The first-order valence-corrected chi connectivity index (χ1v) is 8.32. The van der Waals surface area contributed by atoms with Crippen LogP contribution in [0.5, 0.6) is 0 Å². The summed E-state index contributed by atoms with van der Waals surface area (Å²) in [5.41, 5.74) is 5.94. The number of aliphatic hydroxyl groups is 1. The standard InChI is InChI=1S/C12H15ClN2O3S2/c13-11-7-9(3-4-10(11)12(14)19)20(17,18)15(5-6-16)8-1-2-8/h3-4,7-8,16H,1-2,5-6H2,(H2,14,19). The fourth-order valence-electron chi connectivity index (χ4n) is 1.95. The van der Waals surface area contributed by atoms with Gasteiger partial charge in [0.2, 0.25) is 10.0 Å². The molecule has 0 aliphatic heterocycles. The molecule has 1 aromatic carbocycles. The van der Waals surface area contributed by atoms with Crippen LogP contribution in [0.3, 0.4) is 0 Å². The van der Waals surface area contributed by atoms with E-state index in [9.17, 15) is 8.42 Å². The van der Waals surface area contributed by atoms with Crippen molar-refractivity contribution in [3.8, 4) is 0 Å². The Bertz CT molecular complexity index is 630. The molecule has 3 N–H and O–H groups in total. The maximum Gasteiger partial charge on any atom is 0.243 e. The van der Waals surface area contributed by atoms with Crippen LogP contribution in [-0.4, -0.2) is 42.0 Å². The SMILES string of the molecule is NC(=S)c1ccc(S(=O)(=O)N(CCO)C2CC2)cc1Cl. The minimum absolute atomic E-state index is 0.0267. The highest BCUT2D eigenvalue weighted by molar-refractivity contribution is 7.89. The van der Waals surface area contributed by atoms with E-state index in [1.54, 1.807) is 0 Å². The molecule has 1 aliphatic carbocycles. The number of hydrogen-bond donors (Lipinski definition) is 2. The summed E-state index contributed by atoms with van der Waals surface area (Å²) >= 11 is 10.8. The van der Waals surface area contributed by atoms with Crippen LogP contribution in [0.1, 0.15) is 18.4 Å². The van der Waals surface area contributed by atoms with E-state index in [1.165, 1.54) is 22.5 Å². The van der Waals surface area contributed by atoms with Crippen LogP contribution < -0.4 is 5.73 Å². The van der Waals surface area contributed by atoms with Crippen LogP contribution in [0.4, 0.5) is 0 Å². The van der Waals surface area contributed by atoms with Gasteiger partial charge in [-0.15, -0.1) is 0 Å². The number of thiocarbonyl (C=S) groups is 1. The Balaban J connectivity index is 2.38. The quantitative estimate of drug-likeness (QED) is 0.762. The van der Waals surface area contributed by atoms with Gasteiger partial charge in [0, 0.05) is 18.2 Å². The summed E-state index contributed by atoms with van der Waals surface area (Å²) in [7, 11) is -3.66. The molecule has 110 valence electrons. The fourth-order valence-corrected chi connectivity index (χ4v) is 4.24. The van der Waals surface area contributed by atoms with Gasteiger partial charge < -0.3 is 10.8 Å². The highest BCUT2D eigenvalue weighted by atomic mass is 35.5. The number of rotatable bonds is 6. The van der Waals surface area contributed by atoms with E-state index < -0.39 is 10.0 Å². The van der Waals surface area contributed by atoms with Crippen molar-refractivity contribution in [1.82, 2.24) is 4.31 Å². The van der Waals surface area contributed by atoms with Gasteiger partial charge in [0.05, 0.1) is 16.5 Å². The lowest BCUT2D eigenvalue weighted by Crippen LogP contribution is -2.35. The Morgan fingerprint density at radius 2 is 2.15 bits per heavy atom. The first kappa shape index (κ1) is 15.7. The van der Waals surface area contributed by atoms with Crippen LogP contribution in [-0.2, 0) is 10.0 Å². The van der Waals surface area contributed by atoms with Crippen LogP contribution >= 0.6 is 23.8 Å². The second kappa shape index (κ2) is 5.95. The maximum atomic E-state index is 12.5. The Labute approximate surface area is 128 Å². The zero-order chi connectivity index (χ0) is 14.9. The molecule has 0 bridgehead atoms. The number of benzene rings is 1. The molecule has 0 unspecified atom stereocenters. The molecule has 0 amide bonds. The molecule has 0 spiro atoms. The summed E-state index contributed by atoms with van der Waals surface area (Å²) in [6.45, 7) is -0.129. The van der Waals surface area contributed by atoms with E-state index in [2.05, 4.69) is 0 Å². The van der Waals surface area contributed by atoms with E-state index >= 15 is 0 Å². The average Bonchev–Trinajstić information content (AvgIpc) is 3.19. The van der Waals surface area contributed by atoms with E-state index in [0.717, 1.165) is 12.8 Å². The van der Waals surface area contributed by atoms with Crippen molar-refractivity contribution in [1.29, 1.82) is 0 Å². The molecule has 0 heterocycles. The summed E-state index contributed by atoms with van der Waals surface area (Å²) in [4.78, 5) is 0.205. The van der Waals surface area contributed by atoms with Gasteiger partial charge in [-0.25, -0.2) is 8.42 Å². The van der Waals surface area contributed by atoms with Crippen molar-refractivity contribution in [3.05, 3.63) is 28.8 Å². The largest absolute Gasteiger partial charge is 0.395 e. The lowest BCUT2D eigenvalue weighted by Gasteiger charge is -2.21. The normalized spacial score (nSPS) is 15.6. The van der Waals surface area contributed by atoms with Gasteiger partial charge in [-0.2, -0.15) is 4.31 Å². The van der Waals surface area contributed by atoms with Gasteiger partial charge in [-0.3, -0.25) is 0 Å². The number of sulfonamides is 1. The summed E-state index contributed by atoms with van der Waals surface area (Å²) < 4.78 is 26.4. The van der Waals surface area contributed by atoms with Gasteiger partial charge in [0.25, 0.3) is 0 Å². The molecule has 20 heavy (non-hydrogen) atoms. The van der Waals surface area contributed by atoms with Crippen molar-refractivity contribution in [2.75, 3.05) is 13.2 Å². The van der Waals surface area contributed by atoms with Gasteiger partial charge in [-0.1, -0.05) is 23.8 Å². The summed E-state index contributed by atoms with van der Waals surface area (Å²) in [6.07, 6.45) is 1.63. The zero-order valence-electron chi connectivity index (χ0n) is 10.6. The number of nitrogens with zero attached hydrogens (tertiary/aromatic N) is 1. The Kier molecular flexibility index (Phi) is 4.66. The van der Waals surface area contributed by atoms with Crippen molar-refractivity contribution >= 4 is 38.8 Å². The van der Waals surface area contributed by atoms with Gasteiger partial charge in [0.1, 0.15) is 4.99 Å². The molecule has 0 saturated heterocycles. The predicted octanol–water partition coefficient (Wildman–Crippen LogP) is 1.12. The van der Waals surface area contributed by atoms with E-state index in [0.29, 0.717) is 5.56 Å². The molecule has 1 aromatic rings. The molecule has 8 heteroatoms. The van der Waals surface area contributed by atoms with Crippen molar-refractivity contribution < 1.29 is 13.5 Å². The second-order valence-electron chi connectivity index (χ2n) is 4.58. The third-order valence-corrected chi connectivity index (χ3v) is 5.57. The first-order valence-electron chi connectivity index (χ1n) is 6.10. The topological polar surface area (TPSA) is 83.6 Å². The highest BCUT2D eigenvalue weighted by Gasteiger charge is 2.37. The molecular formula is C12H15ClN2O3S2. The molecular weight excluding hydrogens is 320 g/mol. The smallest absolute Gasteiger partial charge is 0.243 e. The zero-order valence-corrected chi connectivity index (χ0v) is 13.0. The Morgan fingerprint density at radius 3 is 2.60 bits per heavy atom. The minimum Gasteiger partial charge on any atom is -0.395 e. The number of halogens is 1. The van der Waals surface area contributed by atoms with Crippen molar-refractivity contribution in [2.45, 2.75) is 23.8 Å². The molecule has 1 saturated carbocycles. The van der Waals surface area contributed by atoms with Gasteiger partial charge in [-0.05, 0) is 31.0 Å². The van der Waals surface area contributed by atoms with Crippen LogP contribution in [0.15, 0.2) is 23.1 Å². The Hall–Kier alpha value is -0.730. The number of nitrogens with two attached hydrogens (primary N) is 1. The maximum absolute atomic E-state index is 12.5. The van der Waals surface area contributed by atoms with E-state index in [-0.39, 0.29) is 34.1 Å². The van der Waals surface area contributed by atoms with Crippen LogP contribution in [0.2, 0.25) is 5.02 Å². The van der Waals surface area contributed by atoms with Crippen LogP contribution in [0, 0.1) is 0 Å². The predicted molar refractivity (Wildman–Crippen MR) is 81.3 cm³/mol. The Morgan fingerprint density at radius 1 is 1.50 bits per heavy atom. The summed E-state index contributed by atoms with van der Waals surface area (Å²) in [5, 5.41) is 9.24. The molecule has 1 fully saturated rings. The third kappa shape index (κ3) is 3.12. The van der Waals surface area contributed by atoms with E-state index in [4.69, 9.17) is 34.7 Å². The molecule has 5 nitrogen and oxygen atoms in total. The van der Waals surface area contributed by atoms with Gasteiger partial charge in [0.15, 0.2) is 0 Å². The third-order valence-electron chi connectivity index (χ3n) is 3.09. The lowest BCUT2D eigenvalue weighted by molar-refractivity contribution is 0.250. The number of hydrogen-bond acceptors (Lipinski definition) is 4. The molecule has 0 atom stereocenters. The van der Waals surface area contributed by atoms with Crippen molar-refractivity contribution in [2.24, 2.45) is 5.73 Å². The molecule has 0 aromatic heterocycles. The molecule has 1 aliphatic rings. The molecule has 2 rings (SSSR count). The fraction of sp³-hybridized carbons (Fsp3) is 0.417.